The minimum Gasteiger partial charge on any atom is -0.360 e. The molecule has 0 bridgehead atoms. The van der Waals surface area contributed by atoms with Gasteiger partial charge in [0.2, 0.25) is 11.0 Å². The second-order valence-corrected chi connectivity index (χ2v) is 8.53. The van der Waals surface area contributed by atoms with Crippen molar-refractivity contribution in [1.29, 1.82) is 0 Å². The maximum Gasteiger partial charge on any atom is 0.237 e. The van der Waals surface area contributed by atoms with Crippen LogP contribution in [0.15, 0.2) is 58.9 Å². The summed E-state index contributed by atoms with van der Waals surface area (Å²) in [4.78, 5) is 12.7. The maximum atomic E-state index is 12.7. The summed E-state index contributed by atoms with van der Waals surface area (Å²) < 4.78 is 0.785. The third kappa shape index (κ3) is 5.30. The summed E-state index contributed by atoms with van der Waals surface area (Å²) in [6.45, 7) is 4.85. The van der Waals surface area contributed by atoms with Crippen molar-refractivity contribution in [3.8, 4) is 11.1 Å². The van der Waals surface area contributed by atoms with E-state index in [0.29, 0.717) is 0 Å². The van der Waals surface area contributed by atoms with Gasteiger partial charge in [-0.2, -0.15) is 0 Å². The first-order valence-electron chi connectivity index (χ1n) is 8.86. The van der Waals surface area contributed by atoms with E-state index in [9.17, 15) is 4.79 Å². The van der Waals surface area contributed by atoms with Gasteiger partial charge in [0.15, 0.2) is 4.34 Å². The normalized spacial score (nSPS) is 11.8. The number of carbonyl (C=O) groups is 1. The summed E-state index contributed by atoms with van der Waals surface area (Å²) >= 11 is 2.89. The Morgan fingerprint density at radius 2 is 1.85 bits per heavy atom. The van der Waals surface area contributed by atoms with Gasteiger partial charge < -0.3 is 10.6 Å². The topological polar surface area (TPSA) is 66.9 Å². The lowest BCUT2D eigenvalue weighted by Crippen LogP contribution is -2.22. The molecule has 7 heteroatoms. The Morgan fingerprint density at radius 1 is 1.11 bits per heavy atom. The Labute approximate surface area is 167 Å². The summed E-state index contributed by atoms with van der Waals surface area (Å²) in [6.07, 6.45) is 1.03. The third-order valence-corrected chi connectivity index (χ3v) is 5.91. The fraction of sp³-hybridized carbons (Fsp3) is 0.250. The van der Waals surface area contributed by atoms with E-state index in [4.69, 9.17) is 0 Å². The highest BCUT2D eigenvalue weighted by Gasteiger charge is 2.18. The molecular formula is C20H22N4OS2. The van der Waals surface area contributed by atoms with Crippen molar-refractivity contribution in [2.75, 3.05) is 17.2 Å². The van der Waals surface area contributed by atoms with Gasteiger partial charge in [-0.05, 0) is 25.0 Å². The zero-order valence-electron chi connectivity index (χ0n) is 15.3. The van der Waals surface area contributed by atoms with E-state index < -0.39 is 0 Å². The van der Waals surface area contributed by atoms with Gasteiger partial charge in [-0.15, -0.1) is 10.2 Å². The molecule has 0 radical (unpaired) electrons. The molecule has 1 heterocycles. The molecule has 3 aromatic rings. The van der Waals surface area contributed by atoms with Crippen LogP contribution in [0.4, 0.5) is 10.8 Å². The molecule has 0 aliphatic carbocycles. The molecule has 5 nitrogen and oxygen atoms in total. The van der Waals surface area contributed by atoms with Gasteiger partial charge in [0.25, 0.3) is 0 Å². The minimum atomic E-state index is -0.277. The molecule has 2 aromatic carbocycles. The van der Waals surface area contributed by atoms with Crippen LogP contribution in [0.3, 0.4) is 0 Å². The van der Waals surface area contributed by atoms with Gasteiger partial charge in [0.05, 0.1) is 5.25 Å². The van der Waals surface area contributed by atoms with E-state index in [2.05, 4.69) is 27.8 Å². The van der Waals surface area contributed by atoms with Crippen molar-refractivity contribution in [1.82, 2.24) is 10.2 Å². The van der Waals surface area contributed by atoms with Crippen LogP contribution in [0.5, 0.6) is 0 Å². The molecule has 3 rings (SSSR count). The highest BCUT2D eigenvalue weighted by Crippen LogP contribution is 2.31. The van der Waals surface area contributed by atoms with Gasteiger partial charge in [0, 0.05) is 17.8 Å². The van der Waals surface area contributed by atoms with E-state index >= 15 is 0 Å². The molecule has 0 saturated heterocycles. The molecule has 0 aliphatic rings. The number of thioether (sulfide) groups is 1. The van der Waals surface area contributed by atoms with Crippen LogP contribution < -0.4 is 10.6 Å². The number of para-hydroxylation sites is 1. The number of aromatic nitrogens is 2. The number of nitrogens with zero attached hydrogens (tertiary/aromatic N) is 2. The summed E-state index contributed by atoms with van der Waals surface area (Å²) in [5, 5.41) is 15.0. The Kier molecular flexibility index (Phi) is 6.84. The maximum absolute atomic E-state index is 12.7. The molecule has 0 spiro atoms. The molecule has 1 aromatic heterocycles. The summed E-state index contributed by atoms with van der Waals surface area (Å²) in [6, 6.07) is 17.9. The number of carbonyl (C=O) groups excluding carboxylic acids is 1. The van der Waals surface area contributed by atoms with Crippen LogP contribution in [-0.2, 0) is 4.79 Å². The van der Waals surface area contributed by atoms with Crippen molar-refractivity contribution in [2.45, 2.75) is 29.9 Å². The third-order valence-electron chi connectivity index (χ3n) is 3.85. The number of amides is 1. The number of rotatable bonds is 8. The van der Waals surface area contributed by atoms with E-state index in [1.165, 1.54) is 23.1 Å². The predicted octanol–water partition coefficient (Wildman–Crippen LogP) is 5.15. The quantitative estimate of drug-likeness (QED) is 0.514. The second kappa shape index (κ2) is 9.53. The number of hydrogen-bond donors (Lipinski definition) is 2. The van der Waals surface area contributed by atoms with Crippen molar-refractivity contribution in [3.63, 3.8) is 0 Å². The highest BCUT2D eigenvalue weighted by molar-refractivity contribution is 8.02. The number of anilines is 2. The van der Waals surface area contributed by atoms with Gasteiger partial charge in [-0.25, -0.2) is 0 Å². The average Bonchev–Trinajstić information content (AvgIpc) is 3.14. The zero-order chi connectivity index (χ0) is 19.1. The SMILES string of the molecule is CCCNc1nnc(S[C@H](C)C(=O)Nc2ccccc2-c2ccccc2)s1. The summed E-state index contributed by atoms with van der Waals surface area (Å²) in [5.41, 5.74) is 2.89. The molecule has 0 aliphatic heterocycles. The van der Waals surface area contributed by atoms with Gasteiger partial charge in [0.1, 0.15) is 0 Å². The van der Waals surface area contributed by atoms with Crippen LogP contribution in [0, 0.1) is 0 Å². The Bertz CT molecular complexity index is 882. The molecule has 0 saturated carbocycles. The monoisotopic (exact) mass is 398 g/mol. The standard InChI is InChI=1S/C20H22N4OS2/c1-3-13-21-19-23-24-20(27-19)26-14(2)18(25)22-17-12-8-7-11-16(17)15-9-5-4-6-10-15/h4-12,14H,3,13H2,1-2H3,(H,21,23)(H,22,25)/t14-/m1/s1. The Hall–Kier alpha value is -2.38. The van der Waals surface area contributed by atoms with E-state index in [1.807, 2.05) is 61.5 Å². The molecule has 27 heavy (non-hydrogen) atoms. The predicted molar refractivity (Wildman–Crippen MR) is 115 cm³/mol. The zero-order valence-corrected chi connectivity index (χ0v) is 16.9. The molecule has 0 unspecified atom stereocenters. The van der Waals surface area contributed by atoms with Gasteiger partial charge in [-0.3, -0.25) is 4.79 Å². The molecule has 140 valence electrons. The van der Waals surface area contributed by atoms with Crippen LogP contribution >= 0.6 is 23.1 Å². The average molecular weight is 399 g/mol. The fourth-order valence-corrected chi connectivity index (χ4v) is 4.38. The van der Waals surface area contributed by atoms with Crippen molar-refractivity contribution < 1.29 is 4.79 Å². The van der Waals surface area contributed by atoms with Gasteiger partial charge in [-0.1, -0.05) is 78.6 Å². The molecule has 1 atom stereocenters. The second-order valence-electron chi connectivity index (χ2n) is 5.96. The van der Waals surface area contributed by atoms with Crippen molar-refractivity contribution in [2.24, 2.45) is 0 Å². The van der Waals surface area contributed by atoms with Crippen LogP contribution in [0.1, 0.15) is 20.3 Å². The highest BCUT2D eigenvalue weighted by atomic mass is 32.2. The van der Waals surface area contributed by atoms with Crippen LogP contribution in [0.2, 0.25) is 0 Å². The number of benzene rings is 2. The lowest BCUT2D eigenvalue weighted by atomic mass is 10.0. The lowest BCUT2D eigenvalue weighted by Gasteiger charge is -2.14. The number of nitrogens with one attached hydrogen (secondary N) is 2. The lowest BCUT2D eigenvalue weighted by molar-refractivity contribution is -0.115. The van der Waals surface area contributed by atoms with Crippen LogP contribution in [-0.4, -0.2) is 27.9 Å². The van der Waals surface area contributed by atoms with E-state index in [-0.39, 0.29) is 11.2 Å². The fourth-order valence-electron chi connectivity index (χ4n) is 2.46. The summed E-state index contributed by atoms with van der Waals surface area (Å²) in [5.74, 6) is -0.0540. The van der Waals surface area contributed by atoms with Crippen LogP contribution in [0.25, 0.3) is 11.1 Å². The first kappa shape index (κ1) is 19.4. The smallest absolute Gasteiger partial charge is 0.237 e. The largest absolute Gasteiger partial charge is 0.360 e. The summed E-state index contributed by atoms with van der Waals surface area (Å²) in [7, 11) is 0. The van der Waals surface area contributed by atoms with Crippen molar-refractivity contribution in [3.05, 3.63) is 54.6 Å². The Morgan fingerprint density at radius 3 is 2.63 bits per heavy atom. The van der Waals surface area contributed by atoms with E-state index in [0.717, 1.165) is 39.3 Å². The first-order valence-corrected chi connectivity index (χ1v) is 10.6. The molecular weight excluding hydrogens is 376 g/mol. The molecule has 0 fully saturated rings. The Balaban J connectivity index is 1.66. The van der Waals surface area contributed by atoms with Gasteiger partial charge >= 0.3 is 0 Å². The van der Waals surface area contributed by atoms with Crippen molar-refractivity contribution >= 4 is 39.8 Å². The first-order chi connectivity index (χ1) is 13.2. The minimum absolute atomic E-state index is 0.0540. The molecule has 2 N–H and O–H groups in total. The molecule has 1 amide bonds. The number of hydrogen-bond acceptors (Lipinski definition) is 6. The van der Waals surface area contributed by atoms with E-state index in [1.54, 1.807) is 0 Å².